The van der Waals surface area contributed by atoms with Crippen LogP contribution in [0.4, 0.5) is 20.9 Å². The van der Waals surface area contributed by atoms with Gasteiger partial charge in [-0.1, -0.05) is 36.9 Å². The largest absolute Gasteiger partial charge is 0.383 e. The maximum Gasteiger partial charge on any atom is 0.164 e. The first-order valence-electron chi connectivity index (χ1n) is 11.4. The molecule has 9 heteroatoms. The van der Waals surface area contributed by atoms with Crippen LogP contribution >= 0.6 is 11.3 Å². The molecule has 3 aromatic heterocycles. The fourth-order valence-corrected chi connectivity index (χ4v) is 5.58. The molecule has 0 saturated carbocycles. The van der Waals surface area contributed by atoms with Gasteiger partial charge in [0.2, 0.25) is 0 Å². The Hall–Kier alpha value is -4.37. The molecule has 0 unspecified atom stereocenters. The summed E-state index contributed by atoms with van der Waals surface area (Å²) in [6, 6.07) is 14.4. The van der Waals surface area contributed by atoms with Crippen molar-refractivity contribution in [2.45, 2.75) is 20.4 Å². The monoisotopic (exact) mass is 495 g/mol. The second-order valence-electron chi connectivity index (χ2n) is 8.67. The van der Waals surface area contributed by atoms with Gasteiger partial charge in [-0.05, 0) is 48.6 Å². The van der Waals surface area contributed by atoms with Gasteiger partial charge in [0, 0.05) is 11.1 Å². The van der Waals surface area contributed by atoms with Crippen LogP contribution in [0.1, 0.15) is 16.7 Å². The van der Waals surface area contributed by atoms with Gasteiger partial charge in [-0.3, -0.25) is 4.90 Å². The van der Waals surface area contributed by atoms with Gasteiger partial charge >= 0.3 is 0 Å². The third-order valence-corrected chi connectivity index (χ3v) is 7.30. The number of halogens is 1. The molecular weight excluding hydrogens is 473 g/mol. The SMILES string of the molecule is C=C1c2c(C)csc2N=C(Cn2nc(-c3cccc(F)c3)c3c(N)ncnc32)N1c1ccccc1C. The number of fused-ring (bicyclic) bond motifs is 2. The Kier molecular flexibility index (Phi) is 5.15. The molecule has 2 aromatic carbocycles. The van der Waals surface area contributed by atoms with Crippen LogP contribution in [0.2, 0.25) is 0 Å². The Morgan fingerprint density at radius 1 is 1.06 bits per heavy atom. The average molecular weight is 496 g/mol. The Bertz CT molecular complexity index is 1700. The lowest BCUT2D eigenvalue weighted by atomic mass is 10.1. The van der Waals surface area contributed by atoms with Crippen LogP contribution in [0.25, 0.3) is 28.0 Å². The smallest absolute Gasteiger partial charge is 0.164 e. The lowest BCUT2D eigenvalue weighted by molar-refractivity contribution is 0.628. The van der Waals surface area contributed by atoms with Crippen molar-refractivity contribution in [3.05, 3.63) is 89.3 Å². The molecule has 36 heavy (non-hydrogen) atoms. The molecule has 0 amide bonds. The lowest BCUT2D eigenvalue weighted by Crippen LogP contribution is -2.35. The highest BCUT2D eigenvalue weighted by atomic mass is 32.1. The zero-order chi connectivity index (χ0) is 25.0. The van der Waals surface area contributed by atoms with E-state index in [2.05, 4.69) is 52.8 Å². The molecule has 0 bridgehead atoms. The maximum atomic E-state index is 14.1. The number of rotatable bonds is 4. The maximum absolute atomic E-state index is 14.1. The van der Waals surface area contributed by atoms with Gasteiger partial charge in [0.1, 0.15) is 41.0 Å². The fraction of sp³-hybridized carbons (Fsp3) is 0.111. The third kappa shape index (κ3) is 3.47. The number of hydrogen-bond acceptors (Lipinski definition) is 7. The van der Waals surface area contributed by atoms with Gasteiger partial charge in [-0.15, -0.1) is 11.3 Å². The van der Waals surface area contributed by atoms with Crippen LogP contribution in [0.3, 0.4) is 0 Å². The quantitative estimate of drug-likeness (QED) is 0.325. The molecule has 5 aromatic rings. The molecule has 0 saturated heterocycles. The minimum absolute atomic E-state index is 0.285. The zero-order valence-electron chi connectivity index (χ0n) is 19.7. The molecule has 0 radical (unpaired) electrons. The minimum Gasteiger partial charge on any atom is -0.383 e. The molecule has 2 N–H and O–H groups in total. The van der Waals surface area contributed by atoms with E-state index >= 15 is 0 Å². The van der Waals surface area contributed by atoms with E-state index < -0.39 is 0 Å². The molecule has 1 aliphatic heterocycles. The third-order valence-electron chi connectivity index (χ3n) is 6.31. The molecular formula is C27H22FN7S. The van der Waals surface area contributed by atoms with Gasteiger partial charge < -0.3 is 5.73 Å². The molecule has 7 nitrogen and oxygen atoms in total. The number of aliphatic imine (C=N–C) groups is 1. The van der Waals surface area contributed by atoms with Gasteiger partial charge in [-0.25, -0.2) is 24.0 Å². The van der Waals surface area contributed by atoms with Crippen LogP contribution < -0.4 is 10.6 Å². The number of thiophene rings is 1. The number of anilines is 2. The first kappa shape index (κ1) is 22.1. The number of aryl methyl sites for hydroxylation is 2. The van der Waals surface area contributed by atoms with Crippen molar-refractivity contribution in [1.82, 2.24) is 19.7 Å². The van der Waals surface area contributed by atoms with E-state index in [1.165, 1.54) is 18.5 Å². The highest BCUT2D eigenvalue weighted by Gasteiger charge is 2.30. The number of aromatic nitrogens is 4. The van der Waals surface area contributed by atoms with Crippen LogP contribution in [0.15, 0.2) is 71.8 Å². The summed E-state index contributed by atoms with van der Waals surface area (Å²) >= 11 is 1.59. The molecule has 0 aliphatic carbocycles. The number of nitrogens with two attached hydrogens (primary N) is 1. The van der Waals surface area contributed by atoms with Gasteiger partial charge in [0.25, 0.3) is 0 Å². The zero-order valence-corrected chi connectivity index (χ0v) is 20.6. The summed E-state index contributed by atoms with van der Waals surface area (Å²) < 4.78 is 15.8. The molecule has 1 aliphatic rings. The number of nitrogens with zero attached hydrogens (tertiary/aromatic N) is 6. The van der Waals surface area contributed by atoms with Crippen molar-refractivity contribution in [2.75, 3.05) is 10.6 Å². The van der Waals surface area contributed by atoms with Crippen molar-refractivity contribution < 1.29 is 4.39 Å². The van der Waals surface area contributed by atoms with Crippen molar-refractivity contribution in [2.24, 2.45) is 4.99 Å². The Morgan fingerprint density at radius 2 is 1.89 bits per heavy atom. The highest BCUT2D eigenvalue weighted by molar-refractivity contribution is 7.14. The number of amidine groups is 1. The number of benzene rings is 2. The topological polar surface area (TPSA) is 85.2 Å². The summed E-state index contributed by atoms with van der Waals surface area (Å²) in [6.45, 7) is 8.89. The lowest BCUT2D eigenvalue weighted by Gasteiger charge is -2.32. The second-order valence-corrected chi connectivity index (χ2v) is 9.53. The van der Waals surface area contributed by atoms with Crippen molar-refractivity contribution >= 4 is 50.4 Å². The molecule has 6 rings (SSSR count). The molecule has 0 spiro atoms. The van der Waals surface area contributed by atoms with Crippen LogP contribution in [-0.4, -0.2) is 25.6 Å². The van der Waals surface area contributed by atoms with E-state index in [0.717, 1.165) is 38.9 Å². The van der Waals surface area contributed by atoms with E-state index in [-0.39, 0.29) is 11.6 Å². The van der Waals surface area contributed by atoms with Crippen molar-refractivity contribution in [3.8, 4) is 11.3 Å². The van der Waals surface area contributed by atoms with Crippen molar-refractivity contribution in [1.29, 1.82) is 0 Å². The average Bonchev–Trinajstić information content (AvgIpc) is 3.42. The Balaban J connectivity index is 1.54. The molecule has 0 atom stereocenters. The fourth-order valence-electron chi connectivity index (χ4n) is 4.62. The normalized spacial score (nSPS) is 13.2. The van der Waals surface area contributed by atoms with E-state index in [4.69, 9.17) is 15.8 Å². The van der Waals surface area contributed by atoms with Crippen LogP contribution in [0, 0.1) is 19.7 Å². The standard InChI is InChI=1S/C27H22FN7S/c1-15-7-4-5-10-20(15)35-17(3)22-16(2)13-36-27(22)32-21(35)12-34-26-23(25(29)30-14-31-26)24(33-34)18-8-6-9-19(28)11-18/h4-11,13-14H,3,12H2,1-2H3,(H2,29,30,31). The van der Waals surface area contributed by atoms with E-state index in [9.17, 15) is 4.39 Å². The van der Waals surface area contributed by atoms with E-state index in [1.807, 2.05) is 12.1 Å². The minimum atomic E-state index is -0.357. The summed E-state index contributed by atoms with van der Waals surface area (Å²) in [5, 5.41) is 8.41. The Labute approximate surface area is 211 Å². The summed E-state index contributed by atoms with van der Waals surface area (Å²) in [4.78, 5) is 15.8. The molecule has 178 valence electrons. The summed E-state index contributed by atoms with van der Waals surface area (Å²) in [5.41, 5.74) is 13.1. The summed E-state index contributed by atoms with van der Waals surface area (Å²) in [6.07, 6.45) is 1.41. The number of hydrogen-bond donors (Lipinski definition) is 1. The molecule has 0 fully saturated rings. The highest BCUT2D eigenvalue weighted by Crippen LogP contribution is 2.43. The number of para-hydroxylation sites is 1. The predicted octanol–water partition coefficient (Wildman–Crippen LogP) is 6.11. The number of nitrogen functional groups attached to an aromatic ring is 1. The van der Waals surface area contributed by atoms with Gasteiger partial charge in [-0.2, -0.15) is 5.10 Å². The van der Waals surface area contributed by atoms with Crippen molar-refractivity contribution in [3.63, 3.8) is 0 Å². The van der Waals surface area contributed by atoms with Crippen LogP contribution in [-0.2, 0) is 6.54 Å². The van der Waals surface area contributed by atoms with Gasteiger partial charge in [0.15, 0.2) is 5.65 Å². The Morgan fingerprint density at radius 3 is 2.69 bits per heavy atom. The first-order valence-corrected chi connectivity index (χ1v) is 12.2. The first-order chi connectivity index (χ1) is 17.4. The van der Waals surface area contributed by atoms with Gasteiger partial charge in [0.05, 0.1) is 16.8 Å². The summed E-state index contributed by atoms with van der Waals surface area (Å²) in [5.74, 6) is 0.674. The van der Waals surface area contributed by atoms with E-state index in [0.29, 0.717) is 28.8 Å². The molecule has 4 heterocycles. The van der Waals surface area contributed by atoms with Crippen LogP contribution in [0.5, 0.6) is 0 Å². The van der Waals surface area contributed by atoms with E-state index in [1.54, 1.807) is 28.2 Å². The second kappa shape index (κ2) is 8.39. The predicted molar refractivity (Wildman–Crippen MR) is 144 cm³/mol. The summed E-state index contributed by atoms with van der Waals surface area (Å²) in [7, 11) is 0.